The smallest absolute Gasteiger partial charge is 0.258 e. The van der Waals surface area contributed by atoms with Crippen LogP contribution in [0.15, 0.2) is 48.7 Å². The molecule has 0 unspecified atom stereocenters. The van der Waals surface area contributed by atoms with E-state index >= 15 is 0 Å². The molecule has 4 rings (SSSR count). The lowest BCUT2D eigenvalue weighted by Crippen LogP contribution is -2.20. The van der Waals surface area contributed by atoms with Crippen molar-refractivity contribution in [3.05, 3.63) is 65.1 Å². The van der Waals surface area contributed by atoms with Gasteiger partial charge >= 0.3 is 0 Å². The Hall–Kier alpha value is -2.59. The number of aromatic nitrogens is 2. The van der Waals surface area contributed by atoms with Gasteiger partial charge in [-0.3, -0.25) is 9.20 Å². The minimum Gasteiger partial charge on any atom is -0.311 e. The normalized spacial score (nSPS) is 15.8. The molecule has 2 aromatic heterocycles. The lowest BCUT2D eigenvalue weighted by atomic mass is 10.1. The highest BCUT2D eigenvalue weighted by molar-refractivity contribution is 6.37. The van der Waals surface area contributed by atoms with Crippen molar-refractivity contribution < 1.29 is 4.79 Å². The molecule has 1 aliphatic heterocycles. The molecule has 4 nitrogen and oxygen atoms in total. The van der Waals surface area contributed by atoms with Crippen molar-refractivity contribution in [3.8, 4) is 0 Å². The first-order valence-corrected chi connectivity index (χ1v) is 7.26. The van der Waals surface area contributed by atoms with Crippen molar-refractivity contribution in [1.82, 2.24) is 9.38 Å². The molecule has 3 heterocycles. The highest BCUT2D eigenvalue weighted by atomic mass is 35.5. The van der Waals surface area contributed by atoms with Crippen LogP contribution in [0.25, 0.3) is 17.3 Å². The summed E-state index contributed by atoms with van der Waals surface area (Å²) in [6, 6.07) is 13.4. The van der Waals surface area contributed by atoms with Crippen LogP contribution in [-0.4, -0.2) is 22.3 Å². The number of pyridine rings is 1. The van der Waals surface area contributed by atoms with Crippen LogP contribution in [0.3, 0.4) is 0 Å². The fourth-order valence-electron chi connectivity index (χ4n) is 2.79. The van der Waals surface area contributed by atoms with E-state index < -0.39 is 0 Å². The third-order valence-corrected chi connectivity index (χ3v) is 4.17. The van der Waals surface area contributed by atoms with Crippen LogP contribution in [0.2, 0.25) is 5.15 Å². The van der Waals surface area contributed by atoms with Gasteiger partial charge in [-0.25, -0.2) is 4.98 Å². The van der Waals surface area contributed by atoms with E-state index in [-0.39, 0.29) is 5.91 Å². The summed E-state index contributed by atoms with van der Waals surface area (Å²) in [7, 11) is 1.78. The topological polar surface area (TPSA) is 37.6 Å². The predicted octanol–water partition coefficient (Wildman–Crippen LogP) is 3.50. The number of halogens is 1. The van der Waals surface area contributed by atoms with E-state index in [9.17, 15) is 4.79 Å². The van der Waals surface area contributed by atoms with Crippen molar-refractivity contribution in [2.24, 2.45) is 0 Å². The van der Waals surface area contributed by atoms with Crippen LogP contribution in [0.4, 0.5) is 5.69 Å². The number of hydrogen-bond acceptors (Lipinski definition) is 2. The van der Waals surface area contributed by atoms with Gasteiger partial charge in [0.2, 0.25) is 0 Å². The second kappa shape index (κ2) is 4.71. The van der Waals surface area contributed by atoms with Gasteiger partial charge in [0.1, 0.15) is 5.65 Å². The van der Waals surface area contributed by atoms with Gasteiger partial charge < -0.3 is 4.90 Å². The summed E-state index contributed by atoms with van der Waals surface area (Å²) in [5, 5.41) is 0.388. The largest absolute Gasteiger partial charge is 0.311 e. The summed E-state index contributed by atoms with van der Waals surface area (Å²) in [4.78, 5) is 18.5. The molecule has 3 aromatic rings. The van der Waals surface area contributed by atoms with Crippen molar-refractivity contribution in [1.29, 1.82) is 0 Å². The SMILES string of the molecule is CN1C(=O)/C(=C/c2c(Cl)nc3ccccn23)c2ccccc21. The molecule has 0 saturated heterocycles. The maximum atomic E-state index is 12.5. The number of carbonyl (C=O) groups is 1. The Labute approximate surface area is 132 Å². The van der Waals surface area contributed by atoms with Gasteiger partial charge in [-0.2, -0.15) is 0 Å². The van der Waals surface area contributed by atoms with Crippen molar-refractivity contribution in [2.75, 3.05) is 11.9 Å². The molecule has 1 aromatic carbocycles. The average molecular weight is 310 g/mol. The van der Waals surface area contributed by atoms with E-state index in [0.717, 1.165) is 16.9 Å². The number of benzene rings is 1. The fourth-order valence-corrected chi connectivity index (χ4v) is 3.02. The number of rotatable bonds is 1. The maximum Gasteiger partial charge on any atom is 0.258 e. The number of fused-ring (bicyclic) bond motifs is 2. The number of imidazole rings is 1. The Bertz CT molecular complexity index is 942. The number of likely N-dealkylation sites (N-methyl/N-ethyl adjacent to an activating group) is 1. The molecule has 0 radical (unpaired) electrons. The van der Waals surface area contributed by atoms with E-state index in [1.165, 1.54) is 0 Å². The molecule has 0 aliphatic carbocycles. The van der Waals surface area contributed by atoms with Crippen LogP contribution in [0.5, 0.6) is 0 Å². The molecule has 5 heteroatoms. The molecular weight excluding hydrogens is 298 g/mol. The van der Waals surface area contributed by atoms with Gasteiger partial charge in [0.25, 0.3) is 5.91 Å². The molecule has 0 spiro atoms. The van der Waals surface area contributed by atoms with Crippen molar-refractivity contribution in [3.63, 3.8) is 0 Å². The van der Waals surface area contributed by atoms with Gasteiger partial charge in [0, 0.05) is 18.8 Å². The number of nitrogens with zero attached hydrogens (tertiary/aromatic N) is 3. The molecule has 0 saturated carbocycles. The number of anilines is 1. The summed E-state index contributed by atoms with van der Waals surface area (Å²) in [5.74, 6) is -0.0388. The number of carbonyl (C=O) groups excluding carboxylic acids is 1. The quantitative estimate of drug-likeness (QED) is 0.645. The van der Waals surface area contributed by atoms with Gasteiger partial charge in [0.15, 0.2) is 5.15 Å². The monoisotopic (exact) mass is 309 g/mol. The molecule has 0 N–H and O–H groups in total. The lowest BCUT2D eigenvalue weighted by Gasteiger charge is -2.07. The first kappa shape index (κ1) is 13.1. The summed E-state index contributed by atoms with van der Waals surface area (Å²) in [6.07, 6.45) is 3.70. The first-order valence-electron chi connectivity index (χ1n) is 6.88. The molecule has 108 valence electrons. The van der Waals surface area contributed by atoms with Crippen LogP contribution >= 0.6 is 11.6 Å². The van der Waals surface area contributed by atoms with Gasteiger partial charge in [-0.1, -0.05) is 35.9 Å². The molecule has 22 heavy (non-hydrogen) atoms. The molecule has 0 atom stereocenters. The molecule has 1 aliphatic rings. The van der Waals surface area contributed by atoms with Crippen LogP contribution < -0.4 is 4.90 Å². The van der Waals surface area contributed by atoms with Crippen LogP contribution in [-0.2, 0) is 4.79 Å². The van der Waals surface area contributed by atoms with Gasteiger partial charge in [-0.05, 0) is 24.3 Å². The first-order chi connectivity index (χ1) is 10.7. The van der Waals surface area contributed by atoms with E-state index in [1.54, 1.807) is 11.9 Å². The summed E-state index contributed by atoms with van der Waals surface area (Å²) >= 11 is 6.26. The third kappa shape index (κ3) is 1.77. The zero-order chi connectivity index (χ0) is 15.3. The Balaban J connectivity index is 1.96. The standard InChI is InChI=1S/C17H12ClN3O/c1-20-13-7-3-2-6-11(13)12(17(20)22)10-14-16(18)19-15-8-4-5-9-21(14)15/h2-10H,1H3/b12-10+. The van der Waals surface area contributed by atoms with Crippen LogP contribution in [0.1, 0.15) is 11.3 Å². The summed E-state index contributed by atoms with van der Waals surface area (Å²) in [6.45, 7) is 0. The van der Waals surface area contributed by atoms with E-state index in [1.807, 2.05) is 59.1 Å². The number of hydrogen-bond donors (Lipinski definition) is 0. The number of amides is 1. The lowest BCUT2D eigenvalue weighted by molar-refractivity contribution is -0.112. The Morgan fingerprint density at radius 2 is 1.91 bits per heavy atom. The minimum atomic E-state index is -0.0388. The zero-order valence-corrected chi connectivity index (χ0v) is 12.6. The highest BCUT2D eigenvalue weighted by Gasteiger charge is 2.29. The molecular formula is C17H12ClN3O. The fraction of sp³-hybridized carbons (Fsp3) is 0.0588. The average Bonchev–Trinajstić information content (AvgIpc) is 2.98. The van der Waals surface area contributed by atoms with Gasteiger partial charge in [-0.15, -0.1) is 0 Å². The molecule has 0 bridgehead atoms. The second-order valence-electron chi connectivity index (χ2n) is 5.16. The summed E-state index contributed by atoms with van der Waals surface area (Å²) < 4.78 is 1.88. The van der Waals surface area contributed by atoms with Crippen molar-refractivity contribution in [2.45, 2.75) is 0 Å². The predicted molar refractivity (Wildman–Crippen MR) is 87.9 cm³/mol. The van der Waals surface area contributed by atoms with E-state index in [0.29, 0.717) is 16.4 Å². The van der Waals surface area contributed by atoms with Gasteiger partial charge in [0.05, 0.1) is 17.0 Å². The van der Waals surface area contributed by atoms with Crippen molar-refractivity contribution >= 4 is 40.5 Å². The third-order valence-electron chi connectivity index (χ3n) is 3.89. The molecule has 0 fully saturated rings. The van der Waals surface area contributed by atoms with E-state index in [4.69, 9.17) is 11.6 Å². The maximum absolute atomic E-state index is 12.5. The summed E-state index contributed by atoms with van der Waals surface area (Å²) in [5.41, 5.74) is 3.92. The van der Waals surface area contributed by atoms with Crippen LogP contribution in [0, 0.1) is 0 Å². The zero-order valence-electron chi connectivity index (χ0n) is 11.8. The highest BCUT2D eigenvalue weighted by Crippen LogP contribution is 2.37. The number of para-hydroxylation sites is 1. The molecule has 1 amide bonds. The minimum absolute atomic E-state index is 0.0388. The Morgan fingerprint density at radius 3 is 2.77 bits per heavy atom. The Morgan fingerprint density at radius 1 is 1.14 bits per heavy atom. The van der Waals surface area contributed by atoms with E-state index in [2.05, 4.69) is 4.98 Å². The second-order valence-corrected chi connectivity index (χ2v) is 5.51. The Kier molecular flexibility index (Phi) is 2.81.